The summed E-state index contributed by atoms with van der Waals surface area (Å²) in [4.78, 5) is 20.5. The number of likely N-dealkylation sites (N-methyl/N-ethyl adjacent to an activating group) is 1. The van der Waals surface area contributed by atoms with Crippen LogP contribution in [0.25, 0.3) is 0 Å². The number of hydrogen-bond donors (Lipinski definition) is 0. The minimum atomic E-state index is 0.133. The molecule has 23 heavy (non-hydrogen) atoms. The van der Waals surface area contributed by atoms with Crippen LogP contribution in [0.5, 0.6) is 0 Å². The van der Waals surface area contributed by atoms with Crippen molar-refractivity contribution >= 4 is 6.03 Å². The third kappa shape index (κ3) is 4.20. The van der Waals surface area contributed by atoms with Gasteiger partial charge < -0.3 is 14.5 Å². The maximum atomic E-state index is 12.6. The highest BCUT2D eigenvalue weighted by Crippen LogP contribution is 2.16. The van der Waals surface area contributed by atoms with Crippen molar-refractivity contribution in [3.8, 4) is 0 Å². The van der Waals surface area contributed by atoms with Crippen molar-refractivity contribution in [2.24, 2.45) is 0 Å². The van der Waals surface area contributed by atoms with Gasteiger partial charge in [0, 0.05) is 39.3 Å². The van der Waals surface area contributed by atoms with E-state index in [1.54, 1.807) is 17.2 Å². The van der Waals surface area contributed by atoms with Crippen LogP contribution in [0.3, 0.4) is 0 Å². The number of rotatable bonds is 4. The first kappa shape index (κ1) is 16.2. The predicted molar refractivity (Wildman–Crippen MR) is 85.0 cm³/mol. The van der Waals surface area contributed by atoms with Crippen LogP contribution in [0.4, 0.5) is 4.79 Å². The molecule has 2 aliphatic heterocycles. The fourth-order valence-corrected chi connectivity index (χ4v) is 3.27. The van der Waals surface area contributed by atoms with E-state index < -0.39 is 0 Å². The third-order valence-corrected chi connectivity index (χ3v) is 4.69. The zero-order valence-electron chi connectivity index (χ0n) is 13.8. The van der Waals surface area contributed by atoms with Gasteiger partial charge in [-0.15, -0.1) is 0 Å². The smallest absolute Gasteiger partial charge is 0.320 e. The molecule has 0 aromatic carbocycles. The Morgan fingerprint density at radius 1 is 1.22 bits per heavy atom. The zero-order chi connectivity index (χ0) is 16.1. The van der Waals surface area contributed by atoms with Crippen molar-refractivity contribution in [2.45, 2.75) is 25.4 Å². The minimum absolute atomic E-state index is 0.133. The molecule has 3 rings (SSSR count). The molecule has 1 aromatic heterocycles. The van der Waals surface area contributed by atoms with Gasteiger partial charge in [0.1, 0.15) is 0 Å². The Kier molecular flexibility index (Phi) is 5.45. The molecule has 1 aromatic rings. The van der Waals surface area contributed by atoms with E-state index in [1.165, 1.54) is 0 Å². The van der Waals surface area contributed by atoms with Crippen molar-refractivity contribution in [3.05, 3.63) is 12.4 Å². The van der Waals surface area contributed by atoms with E-state index in [2.05, 4.69) is 15.1 Å². The number of morpholine rings is 1. The molecule has 2 saturated heterocycles. The molecule has 0 saturated carbocycles. The molecule has 2 aliphatic rings. The number of likely N-dealkylation sites (tertiary alicyclic amines) is 1. The first-order valence-electron chi connectivity index (χ1n) is 8.40. The molecular weight excluding hydrogens is 296 g/mol. The van der Waals surface area contributed by atoms with Crippen LogP contribution in [0, 0.1) is 0 Å². The van der Waals surface area contributed by atoms with E-state index in [-0.39, 0.29) is 12.1 Å². The van der Waals surface area contributed by atoms with Crippen LogP contribution in [-0.4, -0.2) is 94.8 Å². The Morgan fingerprint density at radius 2 is 1.96 bits per heavy atom. The van der Waals surface area contributed by atoms with Crippen molar-refractivity contribution < 1.29 is 9.53 Å². The molecule has 0 spiro atoms. The number of hydrogen-bond acceptors (Lipinski definition) is 5. The first-order chi connectivity index (χ1) is 11.2. The highest BCUT2D eigenvalue weighted by atomic mass is 16.5. The summed E-state index contributed by atoms with van der Waals surface area (Å²) in [6, 6.07) is 0.415. The number of piperidine rings is 1. The van der Waals surface area contributed by atoms with E-state index in [1.807, 2.05) is 16.8 Å². The van der Waals surface area contributed by atoms with Gasteiger partial charge in [0.2, 0.25) is 0 Å². The van der Waals surface area contributed by atoms with E-state index >= 15 is 0 Å². The second-order valence-electron chi connectivity index (χ2n) is 6.21. The molecule has 0 aliphatic carbocycles. The van der Waals surface area contributed by atoms with Crippen molar-refractivity contribution in [3.63, 3.8) is 0 Å². The molecule has 2 fully saturated rings. The van der Waals surface area contributed by atoms with Crippen molar-refractivity contribution in [2.75, 3.05) is 53.0 Å². The Balaban J connectivity index is 1.49. The quantitative estimate of drug-likeness (QED) is 0.788. The summed E-state index contributed by atoms with van der Waals surface area (Å²) in [7, 11) is 1.93. The van der Waals surface area contributed by atoms with Gasteiger partial charge in [0.15, 0.2) is 0 Å². The molecule has 1 atom stereocenters. The van der Waals surface area contributed by atoms with Crippen molar-refractivity contribution in [1.82, 2.24) is 29.7 Å². The van der Waals surface area contributed by atoms with Crippen LogP contribution in [0.15, 0.2) is 12.4 Å². The number of amides is 2. The SMILES string of the molecule is CN(C(=O)N1CCOCC1)C1CCCN(CCn2nccn2)C1. The fourth-order valence-electron chi connectivity index (χ4n) is 3.27. The lowest BCUT2D eigenvalue weighted by Gasteiger charge is -2.40. The van der Waals surface area contributed by atoms with E-state index in [0.29, 0.717) is 26.3 Å². The average Bonchev–Trinajstić information content (AvgIpc) is 3.13. The number of nitrogens with zero attached hydrogens (tertiary/aromatic N) is 6. The number of urea groups is 1. The lowest BCUT2D eigenvalue weighted by atomic mass is 10.0. The number of carbonyl (C=O) groups excluding carboxylic acids is 1. The van der Waals surface area contributed by atoms with Gasteiger partial charge in [-0.05, 0) is 19.4 Å². The molecule has 8 heteroatoms. The molecule has 0 bridgehead atoms. The third-order valence-electron chi connectivity index (χ3n) is 4.69. The zero-order valence-corrected chi connectivity index (χ0v) is 13.8. The molecular formula is C15H26N6O2. The van der Waals surface area contributed by atoms with Gasteiger partial charge in [-0.2, -0.15) is 15.0 Å². The van der Waals surface area contributed by atoms with Gasteiger partial charge in [-0.25, -0.2) is 4.79 Å². The Morgan fingerprint density at radius 3 is 2.70 bits per heavy atom. The highest BCUT2D eigenvalue weighted by Gasteiger charge is 2.29. The number of aromatic nitrogens is 3. The van der Waals surface area contributed by atoms with Gasteiger partial charge in [0.05, 0.1) is 32.2 Å². The molecule has 0 radical (unpaired) electrons. The van der Waals surface area contributed by atoms with E-state index in [0.717, 1.165) is 39.0 Å². The van der Waals surface area contributed by atoms with Crippen molar-refractivity contribution in [1.29, 1.82) is 0 Å². The summed E-state index contributed by atoms with van der Waals surface area (Å²) in [5.41, 5.74) is 0. The lowest BCUT2D eigenvalue weighted by Crippen LogP contribution is -2.54. The highest BCUT2D eigenvalue weighted by molar-refractivity contribution is 5.74. The van der Waals surface area contributed by atoms with Gasteiger partial charge >= 0.3 is 6.03 Å². The van der Waals surface area contributed by atoms with E-state index in [4.69, 9.17) is 4.74 Å². The van der Waals surface area contributed by atoms with Gasteiger partial charge in [-0.3, -0.25) is 4.90 Å². The minimum Gasteiger partial charge on any atom is -0.378 e. The maximum Gasteiger partial charge on any atom is 0.320 e. The number of ether oxygens (including phenoxy) is 1. The average molecular weight is 322 g/mol. The van der Waals surface area contributed by atoms with Gasteiger partial charge in [0.25, 0.3) is 0 Å². The second kappa shape index (κ2) is 7.74. The van der Waals surface area contributed by atoms with Crippen LogP contribution in [0.1, 0.15) is 12.8 Å². The largest absolute Gasteiger partial charge is 0.378 e. The molecule has 0 N–H and O–H groups in total. The summed E-state index contributed by atoms with van der Waals surface area (Å²) in [6.45, 7) is 6.41. The molecule has 1 unspecified atom stereocenters. The number of carbonyl (C=O) groups is 1. The topological polar surface area (TPSA) is 66.7 Å². The monoisotopic (exact) mass is 322 g/mol. The Hall–Kier alpha value is -1.67. The lowest BCUT2D eigenvalue weighted by molar-refractivity contribution is 0.0367. The maximum absolute atomic E-state index is 12.6. The fraction of sp³-hybridized carbons (Fsp3) is 0.800. The molecule has 3 heterocycles. The van der Waals surface area contributed by atoms with E-state index in [9.17, 15) is 4.79 Å². The molecule has 128 valence electrons. The summed E-state index contributed by atoms with van der Waals surface area (Å²) >= 11 is 0. The predicted octanol–water partition coefficient (Wildman–Crippen LogP) is 0.127. The summed E-state index contributed by atoms with van der Waals surface area (Å²) in [5.74, 6) is 0. The summed E-state index contributed by atoms with van der Waals surface area (Å²) in [6.07, 6.45) is 5.60. The molecule has 8 nitrogen and oxygen atoms in total. The second-order valence-corrected chi connectivity index (χ2v) is 6.21. The van der Waals surface area contributed by atoms with Crippen LogP contribution in [0.2, 0.25) is 0 Å². The standard InChI is InChI=1S/C15H26N6O2/c1-18(15(22)20-9-11-23-12-10-20)14-3-2-6-19(13-14)7-8-21-16-4-5-17-21/h4-5,14H,2-3,6-13H2,1H3. The summed E-state index contributed by atoms with van der Waals surface area (Å²) in [5, 5.41) is 8.28. The van der Waals surface area contributed by atoms with Gasteiger partial charge in [-0.1, -0.05) is 0 Å². The Bertz CT molecular complexity index is 488. The van der Waals surface area contributed by atoms with Crippen LogP contribution < -0.4 is 0 Å². The normalized spacial score (nSPS) is 23.0. The van der Waals surface area contributed by atoms with Crippen LogP contribution >= 0.6 is 0 Å². The molecule has 2 amide bonds. The Labute approximate surface area is 137 Å². The van der Waals surface area contributed by atoms with Crippen LogP contribution in [-0.2, 0) is 11.3 Å². The summed E-state index contributed by atoms with van der Waals surface area (Å²) < 4.78 is 5.32. The first-order valence-corrected chi connectivity index (χ1v) is 8.40.